The van der Waals surface area contributed by atoms with E-state index in [1.807, 2.05) is 6.92 Å². The Balaban J connectivity index is 1.59. The van der Waals surface area contributed by atoms with E-state index >= 15 is 0 Å². The zero-order valence-corrected chi connectivity index (χ0v) is 17.8. The second kappa shape index (κ2) is 10.4. The van der Waals surface area contributed by atoms with Gasteiger partial charge in [0.1, 0.15) is 5.76 Å². The van der Waals surface area contributed by atoms with Gasteiger partial charge in [0.2, 0.25) is 0 Å². The number of halogens is 1. The summed E-state index contributed by atoms with van der Waals surface area (Å²) in [6, 6.07) is 12.9. The van der Waals surface area contributed by atoms with Crippen LogP contribution in [0.4, 0.5) is 16.2 Å². The highest BCUT2D eigenvalue weighted by molar-refractivity contribution is 6.32. The van der Waals surface area contributed by atoms with Gasteiger partial charge in [-0.15, -0.1) is 0 Å². The molecule has 162 valence electrons. The first-order valence-corrected chi connectivity index (χ1v) is 9.87. The summed E-state index contributed by atoms with van der Waals surface area (Å²) in [6.45, 7) is 2.53. The summed E-state index contributed by atoms with van der Waals surface area (Å²) in [5, 5.41) is 8.45. The predicted octanol–water partition coefficient (Wildman–Crippen LogP) is 4.91. The fraction of sp³-hybridized carbons (Fsp3) is 0.182. The smallest absolute Gasteiger partial charge is 0.319 e. The standard InChI is InChI=1S/C22H22ClN3O5/c1-3-30-20-18(23)11-14(12-19(20)29-2)21(27)25-15-6-8-16(9-7-15)26-22(28)24-13-17-5-4-10-31-17/h4-12H,3,13H2,1-2H3,(H,25,27)(H2,24,26,28). The van der Waals surface area contributed by atoms with Crippen molar-refractivity contribution in [2.45, 2.75) is 13.5 Å². The molecule has 3 N–H and O–H groups in total. The Labute approximate surface area is 184 Å². The Morgan fingerprint density at radius 3 is 2.39 bits per heavy atom. The molecule has 31 heavy (non-hydrogen) atoms. The minimum absolute atomic E-state index is 0.279. The summed E-state index contributed by atoms with van der Waals surface area (Å²) in [5.41, 5.74) is 1.45. The van der Waals surface area contributed by atoms with Crippen molar-refractivity contribution in [2.75, 3.05) is 24.4 Å². The third kappa shape index (κ3) is 5.93. The number of benzene rings is 2. The molecule has 0 bridgehead atoms. The number of carbonyl (C=O) groups excluding carboxylic acids is 2. The molecule has 0 spiro atoms. The largest absolute Gasteiger partial charge is 0.493 e. The molecule has 1 heterocycles. The maximum absolute atomic E-state index is 12.6. The second-order valence-electron chi connectivity index (χ2n) is 6.34. The monoisotopic (exact) mass is 443 g/mol. The summed E-state index contributed by atoms with van der Waals surface area (Å²) in [4.78, 5) is 24.6. The number of anilines is 2. The van der Waals surface area contributed by atoms with Gasteiger partial charge < -0.3 is 29.8 Å². The fourth-order valence-corrected chi connectivity index (χ4v) is 3.00. The zero-order chi connectivity index (χ0) is 22.2. The summed E-state index contributed by atoms with van der Waals surface area (Å²) in [7, 11) is 1.48. The Hall–Kier alpha value is -3.65. The number of carbonyl (C=O) groups is 2. The van der Waals surface area contributed by atoms with Crippen molar-refractivity contribution >= 4 is 34.9 Å². The lowest BCUT2D eigenvalue weighted by molar-refractivity contribution is 0.102. The number of hydrogen-bond donors (Lipinski definition) is 3. The fourth-order valence-electron chi connectivity index (χ4n) is 2.73. The summed E-state index contributed by atoms with van der Waals surface area (Å²) in [6.07, 6.45) is 1.54. The minimum Gasteiger partial charge on any atom is -0.493 e. The number of ether oxygens (including phenoxy) is 2. The van der Waals surface area contributed by atoms with Gasteiger partial charge in [0.05, 0.1) is 31.5 Å². The highest BCUT2D eigenvalue weighted by Crippen LogP contribution is 2.36. The molecule has 0 aliphatic rings. The normalized spacial score (nSPS) is 10.3. The Morgan fingerprint density at radius 2 is 1.77 bits per heavy atom. The lowest BCUT2D eigenvalue weighted by Gasteiger charge is -2.13. The molecule has 2 aromatic carbocycles. The Kier molecular flexibility index (Phi) is 7.40. The van der Waals surface area contributed by atoms with Crippen LogP contribution >= 0.6 is 11.6 Å². The summed E-state index contributed by atoms with van der Waals surface area (Å²) < 4.78 is 15.9. The van der Waals surface area contributed by atoms with Crippen molar-refractivity contribution in [2.24, 2.45) is 0 Å². The average Bonchev–Trinajstić information content (AvgIpc) is 3.28. The third-order valence-electron chi connectivity index (χ3n) is 4.18. The lowest BCUT2D eigenvalue weighted by Crippen LogP contribution is -2.27. The molecule has 0 radical (unpaired) electrons. The van der Waals surface area contributed by atoms with Gasteiger partial charge in [0.15, 0.2) is 11.5 Å². The van der Waals surface area contributed by atoms with Crippen LogP contribution in [0.2, 0.25) is 5.02 Å². The molecule has 0 unspecified atom stereocenters. The molecule has 0 saturated heterocycles. The molecule has 3 aromatic rings. The van der Waals surface area contributed by atoms with Crippen molar-refractivity contribution in [3.05, 3.63) is 71.1 Å². The molecule has 0 aliphatic carbocycles. The minimum atomic E-state index is -0.371. The van der Waals surface area contributed by atoms with E-state index in [0.29, 0.717) is 40.8 Å². The molecule has 0 atom stereocenters. The SMILES string of the molecule is CCOc1c(Cl)cc(C(=O)Nc2ccc(NC(=O)NCc3ccco3)cc2)cc1OC. The zero-order valence-electron chi connectivity index (χ0n) is 17.0. The number of hydrogen-bond acceptors (Lipinski definition) is 5. The Bertz CT molecular complexity index is 1040. The van der Waals surface area contributed by atoms with Crippen LogP contribution in [0.3, 0.4) is 0 Å². The number of furan rings is 1. The van der Waals surface area contributed by atoms with Crippen LogP contribution in [0.5, 0.6) is 11.5 Å². The van der Waals surface area contributed by atoms with E-state index < -0.39 is 0 Å². The van der Waals surface area contributed by atoms with Crippen LogP contribution < -0.4 is 25.4 Å². The van der Waals surface area contributed by atoms with E-state index in [9.17, 15) is 9.59 Å². The van der Waals surface area contributed by atoms with Crippen LogP contribution in [0, 0.1) is 0 Å². The van der Waals surface area contributed by atoms with Gasteiger partial charge in [0, 0.05) is 16.9 Å². The van der Waals surface area contributed by atoms with Gasteiger partial charge in [-0.05, 0) is 55.5 Å². The van der Waals surface area contributed by atoms with Crippen molar-refractivity contribution in [1.29, 1.82) is 0 Å². The van der Waals surface area contributed by atoms with Gasteiger partial charge in [-0.25, -0.2) is 4.79 Å². The quantitative estimate of drug-likeness (QED) is 0.459. The van der Waals surface area contributed by atoms with Gasteiger partial charge in [-0.1, -0.05) is 11.6 Å². The first-order chi connectivity index (χ1) is 15.0. The average molecular weight is 444 g/mol. The summed E-state index contributed by atoms with van der Waals surface area (Å²) >= 11 is 6.23. The second-order valence-corrected chi connectivity index (χ2v) is 6.75. The number of methoxy groups -OCH3 is 1. The topological polar surface area (TPSA) is 102 Å². The highest BCUT2D eigenvalue weighted by Gasteiger charge is 2.16. The predicted molar refractivity (Wildman–Crippen MR) is 118 cm³/mol. The molecule has 0 saturated carbocycles. The van der Waals surface area contributed by atoms with E-state index in [4.69, 9.17) is 25.5 Å². The molecular formula is C22H22ClN3O5. The van der Waals surface area contributed by atoms with Gasteiger partial charge in [0.25, 0.3) is 5.91 Å². The molecule has 0 fully saturated rings. The van der Waals surface area contributed by atoms with E-state index in [1.165, 1.54) is 13.2 Å². The van der Waals surface area contributed by atoms with Crippen LogP contribution in [0.25, 0.3) is 0 Å². The first kappa shape index (κ1) is 22.0. The summed E-state index contributed by atoms with van der Waals surface area (Å²) in [5.74, 6) is 1.06. The van der Waals surface area contributed by atoms with E-state index in [-0.39, 0.29) is 23.5 Å². The maximum Gasteiger partial charge on any atom is 0.319 e. The number of rotatable bonds is 8. The van der Waals surface area contributed by atoms with E-state index in [2.05, 4.69) is 16.0 Å². The highest BCUT2D eigenvalue weighted by atomic mass is 35.5. The van der Waals surface area contributed by atoms with E-state index in [1.54, 1.807) is 48.7 Å². The molecule has 3 rings (SSSR count). The molecule has 8 nitrogen and oxygen atoms in total. The van der Waals surface area contributed by atoms with Gasteiger partial charge in [-0.3, -0.25) is 4.79 Å². The van der Waals surface area contributed by atoms with Gasteiger partial charge in [-0.2, -0.15) is 0 Å². The van der Waals surface area contributed by atoms with Crippen LogP contribution in [0.1, 0.15) is 23.0 Å². The van der Waals surface area contributed by atoms with Gasteiger partial charge >= 0.3 is 6.03 Å². The molecule has 0 aliphatic heterocycles. The molecule has 9 heteroatoms. The number of nitrogens with one attached hydrogen (secondary N) is 3. The molecular weight excluding hydrogens is 422 g/mol. The van der Waals surface area contributed by atoms with Crippen molar-refractivity contribution in [3.63, 3.8) is 0 Å². The first-order valence-electron chi connectivity index (χ1n) is 9.49. The Morgan fingerprint density at radius 1 is 1.06 bits per heavy atom. The lowest BCUT2D eigenvalue weighted by atomic mass is 10.1. The maximum atomic E-state index is 12.6. The molecule has 3 amide bonds. The van der Waals surface area contributed by atoms with Crippen molar-refractivity contribution < 1.29 is 23.5 Å². The van der Waals surface area contributed by atoms with Crippen LogP contribution in [-0.2, 0) is 6.54 Å². The van der Waals surface area contributed by atoms with Crippen molar-refractivity contribution in [1.82, 2.24) is 5.32 Å². The number of amides is 3. The van der Waals surface area contributed by atoms with Crippen molar-refractivity contribution in [3.8, 4) is 11.5 Å². The number of urea groups is 1. The molecule has 1 aromatic heterocycles. The van der Waals surface area contributed by atoms with Crippen LogP contribution in [0.15, 0.2) is 59.2 Å². The van der Waals surface area contributed by atoms with Crippen LogP contribution in [-0.4, -0.2) is 25.7 Å². The van der Waals surface area contributed by atoms with E-state index in [0.717, 1.165) is 0 Å². The third-order valence-corrected chi connectivity index (χ3v) is 4.46.